The zero-order chi connectivity index (χ0) is 107. The minimum absolute atomic E-state index is 0.0417. The lowest BCUT2D eigenvalue weighted by Gasteiger charge is -2.29. The fourth-order valence-corrected chi connectivity index (χ4v) is 14.8. The highest BCUT2D eigenvalue weighted by Crippen LogP contribution is 2.34. The number of carbonyl (C=O) groups is 21. The number of benzene rings is 6. The van der Waals surface area contributed by atoms with E-state index in [-0.39, 0.29) is 140 Å². The number of amides is 21. The first kappa shape index (κ1) is 116. The molecule has 6 fully saturated rings. The Morgan fingerprint density at radius 2 is 0.392 bits per heavy atom. The van der Waals surface area contributed by atoms with Gasteiger partial charge < -0.3 is 34.8 Å². The Bertz CT molecular complexity index is 5130. The van der Waals surface area contributed by atoms with Crippen molar-refractivity contribution in [3.63, 3.8) is 0 Å². The van der Waals surface area contributed by atoms with E-state index in [0.717, 1.165) is 43.2 Å². The lowest BCUT2D eigenvalue weighted by molar-refractivity contribution is -0.138. The summed E-state index contributed by atoms with van der Waals surface area (Å²) in [6.45, 7) is 39.3. The fourth-order valence-electron chi connectivity index (χ4n) is 14.8. The number of hydrogen-bond acceptors (Lipinski definition) is 25. The Morgan fingerprint density at radius 1 is 0.252 bits per heavy atom. The summed E-state index contributed by atoms with van der Waals surface area (Å²) in [6, 6.07) is 37.1. The smallest absolute Gasteiger partial charge is 0.262 e. The monoisotopic (exact) mass is 1970 g/mol. The van der Waals surface area contributed by atoms with Crippen LogP contribution in [0, 0.1) is 11.8 Å². The molecule has 6 aromatic rings. The van der Waals surface area contributed by atoms with E-state index in [1.54, 1.807) is 120 Å². The molecule has 768 valence electrons. The molecule has 0 radical (unpaired) electrons. The highest BCUT2D eigenvalue weighted by Gasteiger charge is 2.49. The maximum absolute atomic E-state index is 12.2. The van der Waals surface area contributed by atoms with Crippen molar-refractivity contribution >= 4 is 124 Å². The molecule has 0 spiro atoms. The second kappa shape index (κ2) is 51.5. The van der Waals surface area contributed by atoms with Crippen LogP contribution in [0.15, 0.2) is 146 Å². The predicted molar refractivity (Wildman–Crippen MR) is 529 cm³/mol. The van der Waals surface area contributed by atoms with Gasteiger partial charge in [-0.05, 0) is 219 Å². The summed E-state index contributed by atoms with van der Waals surface area (Å²) < 4.78 is 9.88. The van der Waals surface area contributed by atoms with Crippen LogP contribution in [0.25, 0.3) is 0 Å². The average Bonchev–Trinajstić information content (AvgIpc) is 1.60. The molecule has 6 atom stereocenters. The Hall–Kier alpha value is -14.2. The van der Waals surface area contributed by atoms with Gasteiger partial charge in [-0.2, -0.15) is 0 Å². The number of hydrogen-bond donors (Lipinski definition) is 8. The van der Waals surface area contributed by atoms with Crippen LogP contribution in [0.2, 0.25) is 0 Å². The molecule has 0 bridgehead atoms. The van der Waals surface area contributed by atoms with Gasteiger partial charge in [0.05, 0.1) is 44.6 Å². The first-order chi connectivity index (χ1) is 67.0. The highest BCUT2D eigenvalue weighted by molar-refractivity contribution is 6.26. The first-order valence-electron chi connectivity index (χ1n) is 47.6. The van der Waals surface area contributed by atoms with Crippen LogP contribution in [0.5, 0.6) is 0 Å². The van der Waals surface area contributed by atoms with Crippen molar-refractivity contribution in [3.8, 4) is 0 Å². The molecule has 21 amide bonds. The van der Waals surface area contributed by atoms with Gasteiger partial charge in [0.15, 0.2) is 0 Å². The topological polar surface area (TPSA) is 493 Å². The van der Waals surface area contributed by atoms with E-state index in [2.05, 4.69) is 126 Å². The van der Waals surface area contributed by atoms with Gasteiger partial charge >= 0.3 is 0 Å². The van der Waals surface area contributed by atoms with Gasteiger partial charge in [0.1, 0.15) is 36.3 Å². The molecule has 12 aliphatic heterocycles. The molecular weight excluding hydrogens is 1840 g/mol. The second-order valence-corrected chi connectivity index (χ2v) is 40.2. The molecule has 37 nitrogen and oxygen atoms in total. The van der Waals surface area contributed by atoms with Crippen LogP contribution in [0.4, 0.5) is 0 Å². The molecule has 12 aliphatic rings. The van der Waals surface area contributed by atoms with Gasteiger partial charge in [-0.3, -0.25) is 147 Å². The first-order valence-corrected chi connectivity index (χ1v) is 47.6. The van der Waals surface area contributed by atoms with E-state index in [4.69, 9.17) is 9.47 Å². The second-order valence-electron chi connectivity index (χ2n) is 40.2. The lowest BCUT2D eigenvalue weighted by Crippen LogP contribution is -2.54. The van der Waals surface area contributed by atoms with Crippen LogP contribution in [-0.2, 0) is 86.6 Å². The number of piperidine rings is 6. The van der Waals surface area contributed by atoms with Crippen molar-refractivity contribution in [1.29, 1.82) is 0 Å². The average molecular weight is 1970 g/mol. The van der Waals surface area contributed by atoms with Gasteiger partial charge in [-0.25, -0.2) is 0 Å². The van der Waals surface area contributed by atoms with Crippen molar-refractivity contribution in [2.75, 3.05) is 28.3 Å². The number of ether oxygens (including phenoxy) is 2. The van der Waals surface area contributed by atoms with Crippen LogP contribution in [-0.4, -0.2) is 240 Å². The summed E-state index contributed by atoms with van der Waals surface area (Å²) in [6.07, 6.45) is 3.00. The summed E-state index contributed by atoms with van der Waals surface area (Å²) in [4.78, 5) is 254. The summed E-state index contributed by atoms with van der Waals surface area (Å²) in [5.74, 6) is -6.37. The maximum Gasteiger partial charge on any atom is 0.262 e. The van der Waals surface area contributed by atoms with Crippen LogP contribution >= 0.6 is 0 Å². The molecule has 6 unspecified atom stereocenters. The number of nitrogens with zero attached hydrogens (tertiary/aromatic N) is 6. The van der Waals surface area contributed by atoms with Crippen LogP contribution in [0.1, 0.15) is 312 Å². The minimum atomic E-state index is -0.898. The van der Waals surface area contributed by atoms with E-state index in [1.165, 1.54) is 0 Å². The molecule has 0 aromatic heterocycles. The summed E-state index contributed by atoms with van der Waals surface area (Å²) in [5.41, 5.74) is 7.26. The Kier molecular flexibility index (Phi) is 41.7. The molecule has 0 saturated carbocycles. The molecule has 0 aliphatic carbocycles. The third-order valence-electron chi connectivity index (χ3n) is 23.1. The predicted octanol–water partition coefficient (Wildman–Crippen LogP) is 9.80. The Morgan fingerprint density at radius 3 is 0.524 bits per heavy atom. The van der Waals surface area contributed by atoms with Gasteiger partial charge in [-0.1, -0.05) is 133 Å². The highest BCUT2D eigenvalue weighted by atomic mass is 16.5. The van der Waals surface area contributed by atoms with E-state index in [9.17, 15) is 101 Å². The van der Waals surface area contributed by atoms with E-state index < -0.39 is 89.4 Å². The van der Waals surface area contributed by atoms with Crippen molar-refractivity contribution in [2.24, 2.45) is 11.8 Å². The molecule has 6 saturated heterocycles. The molecule has 143 heavy (non-hydrogen) atoms. The van der Waals surface area contributed by atoms with Crippen LogP contribution in [0.3, 0.4) is 0 Å². The standard InChI is InChI=1S/3C13H10N2O4.3C13H12N2O3.2C5H13N.2C5H12O.2C4H10/c3*16-10-6-5-9(11(17)14-10)15-12(18)7-3-1-2-4-8(7)13(15)19;3*16-11-6-5-10(12(17)14-11)15-7-8-3-1-2-4-9(8)13(15)18;4*1-5(2,3)6-4;2*1-4(2)3/h3*1-4,9H,5-6H2,(H,14,16,17);3*1-4,10H,5-7H2,(H,14,16,17);2*6H,1-4H3;2*1-4H3;2*4H,1-3H3. The van der Waals surface area contributed by atoms with Gasteiger partial charge in [0, 0.05) is 100 Å². The van der Waals surface area contributed by atoms with E-state index >= 15 is 0 Å². The largest absolute Gasteiger partial charge is 0.379 e. The van der Waals surface area contributed by atoms with Crippen molar-refractivity contribution < 1.29 is 110 Å². The van der Waals surface area contributed by atoms with Gasteiger partial charge in [0.25, 0.3) is 53.2 Å². The number of fused-ring (bicyclic) bond motifs is 6. The van der Waals surface area contributed by atoms with Crippen LogP contribution < -0.4 is 42.5 Å². The zero-order valence-corrected chi connectivity index (χ0v) is 85.7. The van der Waals surface area contributed by atoms with Crippen molar-refractivity contribution in [3.05, 3.63) is 212 Å². The molecule has 6 aromatic carbocycles. The SMILES string of the molecule is CC(C)C.CC(C)C.CNC(C)(C)C.CNC(C)(C)C.COC(C)(C)C.COC(C)(C)C.O=C1CCC(N2C(=O)c3ccccc3C2=O)C(=O)N1.O=C1CCC(N2C(=O)c3ccccc3C2=O)C(=O)N1.O=C1CCC(N2C(=O)c3ccccc3C2=O)C(=O)N1.O=C1CCC(N2Cc3ccccc3C2=O)C(=O)N1.O=C1CCC(N2Cc3ccccc3C2=O)C(=O)N1.O=C1CCC(N2Cc3ccccc3C2=O)C(=O)N1. The molecule has 8 N–H and O–H groups in total. The minimum Gasteiger partial charge on any atom is -0.379 e. The third-order valence-corrected chi connectivity index (χ3v) is 23.1. The summed E-state index contributed by atoms with van der Waals surface area (Å²) in [7, 11) is 7.33. The quantitative estimate of drug-likeness (QED) is 0.0719. The lowest BCUT2D eigenvalue weighted by atomic mass is 10.0. The number of carbonyl (C=O) groups excluding carboxylic acids is 21. The normalized spacial score (nSPS) is 20.2. The van der Waals surface area contributed by atoms with Gasteiger partial charge in [-0.15, -0.1) is 0 Å². The molecule has 37 heteroatoms. The fraction of sp³-hybridized carbons (Fsp3) is 0.462. The number of imide groups is 9. The summed E-state index contributed by atoms with van der Waals surface area (Å²) in [5, 5.41) is 19.5. The van der Waals surface area contributed by atoms with Gasteiger partial charge in [0.2, 0.25) is 70.9 Å². The van der Waals surface area contributed by atoms with Crippen molar-refractivity contribution in [1.82, 2.24) is 71.9 Å². The molecular formula is C106H136N14O23. The number of nitrogens with one attached hydrogen (secondary N) is 8. The van der Waals surface area contributed by atoms with Crippen molar-refractivity contribution in [2.45, 2.75) is 280 Å². The maximum atomic E-state index is 12.2. The number of methoxy groups -OCH3 is 2. The summed E-state index contributed by atoms with van der Waals surface area (Å²) >= 11 is 0. The zero-order valence-electron chi connectivity index (χ0n) is 85.7. The van der Waals surface area contributed by atoms with E-state index in [0.29, 0.717) is 100 Å². The Balaban J connectivity index is 0.000000219. The number of rotatable bonds is 6. The molecule has 12 heterocycles. The molecule has 18 rings (SSSR count). The Labute approximate surface area is 834 Å². The van der Waals surface area contributed by atoms with E-state index in [1.807, 2.05) is 110 Å². The third kappa shape index (κ3) is 32.4.